The van der Waals surface area contributed by atoms with E-state index in [1.54, 1.807) is 13.8 Å². The van der Waals surface area contributed by atoms with Crippen molar-refractivity contribution in [3.63, 3.8) is 0 Å². The minimum Gasteiger partial charge on any atom is -0.465 e. The van der Waals surface area contributed by atoms with Gasteiger partial charge in [-0.3, -0.25) is 4.79 Å². The van der Waals surface area contributed by atoms with Crippen molar-refractivity contribution < 1.29 is 19.2 Å². The molecular formula is C16H25N2O3+. The summed E-state index contributed by atoms with van der Waals surface area (Å²) < 4.78 is 4.78. The molecule has 0 spiro atoms. The van der Waals surface area contributed by atoms with Crippen LogP contribution in [0.5, 0.6) is 0 Å². The van der Waals surface area contributed by atoms with E-state index in [1.165, 1.54) is 37.7 Å². The number of carbonyl (C=O) groups is 2. The largest absolute Gasteiger partial charge is 0.465 e. The summed E-state index contributed by atoms with van der Waals surface area (Å²) in [6.45, 7) is 6.24. The molecule has 0 radical (unpaired) electrons. The maximum Gasteiger partial charge on any atom is 0.339 e. The lowest BCUT2D eigenvalue weighted by Gasteiger charge is -2.15. The van der Waals surface area contributed by atoms with Crippen molar-refractivity contribution in [2.24, 2.45) is 0 Å². The predicted octanol–water partition coefficient (Wildman–Crippen LogP) is 1.06. The van der Waals surface area contributed by atoms with Crippen LogP contribution in [0.15, 0.2) is 0 Å². The molecule has 21 heavy (non-hydrogen) atoms. The number of methoxy groups -OCH3 is 1. The number of nitrogens with one attached hydrogen (secondary N) is 2. The van der Waals surface area contributed by atoms with Crippen molar-refractivity contribution in [1.82, 2.24) is 4.98 Å². The van der Waals surface area contributed by atoms with Crippen molar-refractivity contribution in [2.75, 3.05) is 26.7 Å². The fourth-order valence-corrected chi connectivity index (χ4v) is 3.16. The van der Waals surface area contributed by atoms with Gasteiger partial charge in [0.1, 0.15) is 6.54 Å². The molecule has 1 aromatic heterocycles. The summed E-state index contributed by atoms with van der Waals surface area (Å²) in [5.74, 6) is -0.301. The first-order chi connectivity index (χ1) is 10.0. The third-order valence-electron chi connectivity index (χ3n) is 4.33. The molecule has 0 aliphatic carbocycles. The molecule has 2 rings (SSSR count). The Labute approximate surface area is 125 Å². The summed E-state index contributed by atoms with van der Waals surface area (Å²) in [7, 11) is 1.36. The highest BCUT2D eigenvalue weighted by Gasteiger charge is 2.25. The number of aryl methyl sites for hydroxylation is 1. The summed E-state index contributed by atoms with van der Waals surface area (Å²) in [5.41, 5.74) is 2.46. The Bertz CT molecular complexity index is 526. The van der Waals surface area contributed by atoms with Gasteiger partial charge in [-0.2, -0.15) is 0 Å². The molecule has 5 heteroatoms. The zero-order valence-electron chi connectivity index (χ0n) is 13.2. The molecule has 1 aromatic rings. The van der Waals surface area contributed by atoms with Crippen molar-refractivity contribution in [3.05, 3.63) is 22.5 Å². The quantitative estimate of drug-likeness (QED) is 0.644. The molecular weight excluding hydrogens is 268 g/mol. The van der Waals surface area contributed by atoms with Crippen LogP contribution in [-0.4, -0.2) is 43.5 Å². The molecule has 1 saturated heterocycles. The predicted molar refractivity (Wildman–Crippen MR) is 80.0 cm³/mol. The van der Waals surface area contributed by atoms with E-state index >= 15 is 0 Å². The Hall–Kier alpha value is -1.62. The van der Waals surface area contributed by atoms with E-state index in [-0.39, 0.29) is 11.8 Å². The van der Waals surface area contributed by atoms with E-state index in [0.29, 0.717) is 29.1 Å². The van der Waals surface area contributed by atoms with Crippen LogP contribution in [0.3, 0.4) is 0 Å². The number of carbonyl (C=O) groups excluding carboxylic acids is 2. The topological polar surface area (TPSA) is 63.6 Å². The number of hydrogen-bond donors (Lipinski definition) is 2. The molecule has 2 N–H and O–H groups in total. The number of aromatic amines is 1. The molecule has 116 valence electrons. The number of H-pyrrole nitrogens is 1. The molecule has 0 bridgehead atoms. The first-order valence-corrected chi connectivity index (χ1v) is 7.68. The minimum absolute atomic E-state index is 0.0858. The van der Waals surface area contributed by atoms with E-state index in [9.17, 15) is 9.59 Å². The van der Waals surface area contributed by atoms with Gasteiger partial charge in [-0.05, 0) is 45.1 Å². The lowest BCUT2D eigenvalue weighted by molar-refractivity contribution is -0.890. The monoisotopic (exact) mass is 293 g/mol. The molecule has 0 amide bonds. The summed E-state index contributed by atoms with van der Waals surface area (Å²) in [6, 6.07) is 0. The average Bonchev–Trinajstić information content (AvgIpc) is 2.65. The number of likely N-dealkylation sites (tertiary alicyclic amines) is 1. The average molecular weight is 293 g/mol. The zero-order valence-corrected chi connectivity index (χ0v) is 13.2. The number of quaternary nitrogens is 1. The fraction of sp³-hybridized carbons (Fsp3) is 0.625. The summed E-state index contributed by atoms with van der Waals surface area (Å²) in [4.78, 5) is 28.7. The number of aromatic nitrogens is 1. The van der Waals surface area contributed by atoms with Gasteiger partial charge >= 0.3 is 5.97 Å². The standard InChI is InChI=1S/C16H24N2O3/c1-11-14(16(20)21-3)12(2)17-15(11)13(19)10-18-8-6-4-5-7-9-18/h17H,4-10H2,1-3H3/p+1. The van der Waals surface area contributed by atoms with Crippen LogP contribution in [0.2, 0.25) is 0 Å². The molecule has 0 aromatic carbocycles. The van der Waals surface area contributed by atoms with E-state index in [0.717, 1.165) is 13.1 Å². The summed E-state index contributed by atoms with van der Waals surface area (Å²) in [6.07, 6.45) is 4.92. The van der Waals surface area contributed by atoms with E-state index in [4.69, 9.17) is 4.74 Å². The van der Waals surface area contributed by atoms with Crippen LogP contribution in [0.25, 0.3) is 0 Å². The lowest BCUT2D eigenvalue weighted by Crippen LogP contribution is -3.12. The maximum atomic E-state index is 12.5. The van der Waals surface area contributed by atoms with Gasteiger partial charge in [-0.1, -0.05) is 0 Å². The van der Waals surface area contributed by atoms with E-state index < -0.39 is 0 Å². The SMILES string of the molecule is COC(=O)c1c(C)[nH]c(C(=O)C[NH+]2CCCCCC2)c1C. The third-order valence-corrected chi connectivity index (χ3v) is 4.33. The van der Waals surface area contributed by atoms with Gasteiger partial charge in [-0.25, -0.2) is 4.79 Å². The Balaban J connectivity index is 2.14. The minimum atomic E-state index is -0.387. The summed E-state index contributed by atoms with van der Waals surface area (Å²) >= 11 is 0. The molecule has 2 heterocycles. The number of ether oxygens (including phenoxy) is 1. The molecule has 0 atom stereocenters. The molecule has 0 unspecified atom stereocenters. The number of hydrogen-bond acceptors (Lipinski definition) is 3. The van der Waals surface area contributed by atoms with Gasteiger partial charge in [0.25, 0.3) is 0 Å². The van der Waals surface area contributed by atoms with E-state index in [1.807, 2.05) is 0 Å². The highest BCUT2D eigenvalue weighted by molar-refractivity contribution is 6.01. The summed E-state index contributed by atoms with van der Waals surface area (Å²) in [5, 5.41) is 0. The zero-order chi connectivity index (χ0) is 15.4. The van der Waals surface area contributed by atoms with Crippen LogP contribution in [0.1, 0.15) is 57.8 Å². The van der Waals surface area contributed by atoms with Crippen LogP contribution in [0.4, 0.5) is 0 Å². The van der Waals surface area contributed by atoms with E-state index in [2.05, 4.69) is 4.98 Å². The Morgan fingerprint density at radius 3 is 2.33 bits per heavy atom. The van der Waals surface area contributed by atoms with Gasteiger partial charge in [0.2, 0.25) is 5.78 Å². The number of esters is 1. The van der Waals surface area contributed by atoms with Crippen molar-refractivity contribution in [2.45, 2.75) is 39.5 Å². The smallest absolute Gasteiger partial charge is 0.339 e. The maximum absolute atomic E-state index is 12.5. The second-order valence-electron chi connectivity index (χ2n) is 5.88. The highest BCUT2D eigenvalue weighted by atomic mass is 16.5. The first kappa shape index (κ1) is 15.8. The Kier molecular flexibility index (Phi) is 5.17. The van der Waals surface area contributed by atoms with Crippen LogP contribution < -0.4 is 4.90 Å². The second kappa shape index (κ2) is 6.89. The molecule has 0 saturated carbocycles. The third kappa shape index (κ3) is 3.53. The van der Waals surface area contributed by atoms with Gasteiger partial charge in [0.05, 0.1) is 31.5 Å². The van der Waals surface area contributed by atoms with Crippen molar-refractivity contribution >= 4 is 11.8 Å². The van der Waals surface area contributed by atoms with Gasteiger partial charge < -0.3 is 14.6 Å². The van der Waals surface area contributed by atoms with Crippen LogP contribution in [0, 0.1) is 13.8 Å². The Morgan fingerprint density at radius 1 is 1.14 bits per heavy atom. The molecule has 1 aliphatic heterocycles. The van der Waals surface area contributed by atoms with Gasteiger partial charge in [-0.15, -0.1) is 0 Å². The van der Waals surface area contributed by atoms with Crippen molar-refractivity contribution in [3.8, 4) is 0 Å². The molecule has 1 aliphatic rings. The molecule has 5 nitrogen and oxygen atoms in total. The number of Topliss-reactive ketones (excluding diaryl/α,β-unsaturated/α-hetero) is 1. The fourth-order valence-electron chi connectivity index (χ4n) is 3.16. The Morgan fingerprint density at radius 2 is 1.76 bits per heavy atom. The second-order valence-corrected chi connectivity index (χ2v) is 5.88. The van der Waals surface area contributed by atoms with Crippen LogP contribution >= 0.6 is 0 Å². The van der Waals surface area contributed by atoms with Gasteiger partial charge in [0.15, 0.2) is 0 Å². The lowest BCUT2D eigenvalue weighted by atomic mass is 10.1. The first-order valence-electron chi connectivity index (χ1n) is 7.68. The number of rotatable bonds is 4. The normalized spacial score (nSPS) is 16.5. The van der Waals surface area contributed by atoms with Crippen molar-refractivity contribution in [1.29, 1.82) is 0 Å². The van der Waals surface area contributed by atoms with Crippen LogP contribution in [-0.2, 0) is 4.74 Å². The highest BCUT2D eigenvalue weighted by Crippen LogP contribution is 2.19. The molecule has 1 fully saturated rings. The van der Waals surface area contributed by atoms with Gasteiger partial charge in [0, 0.05) is 5.69 Å². The number of ketones is 1.